The molecule has 0 aromatic carbocycles. The van der Waals surface area contributed by atoms with Crippen LogP contribution in [0.4, 0.5) is 13.2 Å². The second kappa shape index (κ2) is 6.65. The Balaban J connectivity index is 3.43. The molecule has 20 heavy (non-hydrogen) atoms. The molecule has 1 rings (SSSR count). The number of hydrogen-bond acceptors (Lipinski definition) is 5. The van der Waals surface area contributed by atoms with Gasteiger partial charge in [0.05, 0.1) is 31.5 Å². The molecule has 1 aromatic heterocycles. The Morgan fingerprint density at radius 1 is 1.45 bits per heavy atom. The molecule has 1 aromatic rings. The lowest BCUT2D eigenvalue weighted by atomic mass is 10.2. The highest BCUT2D eigenvalue weighted by atomic mass is 35.5. The largest absolute Gasteiger partial charge is 0.573 e. The molecule has 9 heteroatoms. The van der Waals surface area contributed by atoms with E-state index in [9.17, 15) is 18.0 Å². The number of rotatable bonds is 5. The number of carbonyl (C=O) groups excluding carboxylic acids is 1. The minimum absolute atomic E-state index is 0.0218. The molecule has 0 aliphatic carbocycles. The zero-order chi connectivity index (χ0) is 15.3. The van der Waals surface area contributed by atoms with Crippen LogP contribution < -0.4 is 9.47 Å². The Hall–Kier alpha value is -1.70. The summed E-state index contributed by atoms with van der Waals surface area (Å²) in [5, 5.41) is 0. The molecule has 0 saturated carbocycles. The van der Waals surface area contributed by atoms with E-state index in [0.717, 1.165) is 6.20 Å². The van der Waals surface area contributed by atoms with Gasteiger partial charge < -0.3 is 14.2 Å². The van der Waals surface area contributed by atoms with Crippen LogP contribution in [-0.4, -0.2) is 31.0 Å². The second-order valence-corrected chi connectivity index (χ2v) is 3.65. The third-order valence-corrected chi connectivity index (χ3v) is 2.37. The minimum Gasteiger partial charge on any atom is -0.494 e. The van der Waals surface area contributed by atoms with Crippen LogP contribution in [0.2, 0.25) is 0 Å². The van der Waals surface area contributed by atoms with Crippen molar-refractivity contribution in [1.82, 2.24) is 4.98 Å². The normalized spacial score (nSPS) is 11.1. The number of carbonyl (C=O) groups is 1. The van der Waals surface area contributed by atoms with Crippen LogP contribution in [-0.2, 0) is 10.6 Å². The van der Waals surface area contributed by atoms with Gasteiger partial charge in [0.15, 0.2) is 11.5 Å². The van der Waals surface area contributed by atoms with Crippen molar-refractivity contribution >= 4 is 17.6 Å². The van der Waals surface area contributed by atoms with E-state index in [0.29, 0.717) is 0 Å². The zero-order valence-electron chi connectivity index (χ0n) is 10.6. The van der Waals surface area contributed by atoms with Gasteiger partial charge in [0, 0.05) is 0 Å². The molecule has 0 fully saturated rings. The smallest absolute Gasteiger partial charge is 0.494 e. The molecular formula is C11H11ClF3NO4. The summed E-state index contributed by atoms with van der Waals surface area (Å²) < 4.78 is 50.6. The summed E-state index contributed by atoms with van der Waals surface area (Å²) in [6.07, 6.45) is -3.93. The average molecular weight is 314 g/mol. The van der Waals surface area contributed by atoms with E-state index in [2.05, 4.69) is 14.5 Å². The first kappa shape index (κ1) is 16.4. The highest BCUT2D eigenvalue weighted by Crippen LogP contribution is 2.35. The molecule has 0 amide bonds. The molecule has 0 N–H and O–H groups in total. The van der Waals surface area contributed by atoms with E-state index in [1.807, 2.05) is 0 Å². The van der Waals surface area contributed by atoms with Gasteiger partial charge in [-0.3, -0.25) is 4.98 Å². The van der Waals surface area contributed by atoms with Crippen LogP contribution in [0, 0.1) is 0 Å². The summed E-state index contributed by atoms with van der Waals surface area (Å²) in [4.78, 5) is 15.4. The Kier molecular flexibility index (Phi) is 5.43. The van der Waals surface area contributed by atoms with Gasteiger partial charge in [-0.05, 0) is 6.92 Å². The maximum atomic E-state index is 12.4. The van der Waals surface area contributed by atoms with Gasteiger partial charge in [-0.1, -0.05) is 0 Å². The van der Waals surface area contributed by atoms with Crippen molar-refractivity contribution in [1.29, 1.82) is 0 Å². The monoisotopic (exact) mass is 313 g/mol. The molecule has 0 aliphatic heterocycles. The third kappa shape index (κ3) is 3.89. The van der Waals surface area contributed by atoms with E-state index in [-0.39, 0.29) is 23.9 Å². The number of alkyl halides is 4. The Labute approximate surface area is 117 Å². The Bertz CT molecular complexity index is 493. The molecule has 0 saturated heterocycles. The van der Waals surface area contributed by atoms with Crippen LogP contribution in [0.5, 0.6) is 11.5 Å². The number of methoxy groups -OCH3 is 1. The molecular weight excluding hydrogens is 303 g/mol. The molecule has 0 bridgehead atoms. The predicted molar refractivity (Wildman–Crippen MR) is 63.0 cm³/mol. The van der Waals surface area contributed by atoms with Crippen molar-refractivity contribution in [3.8, 4) is 11.5 Å². The summed E-state index contributed by atoms with van der Waals surface area (Å²) in [5.74, 6) is -2.40. The van der Waals surface area contributed by atoms with Crippen LogP contribution in [0.25, 0.3) is 0 Å². The molecule has 0 unspecified atom stereocenters. The molecule has 0 spiro atoms. The second-order valence-electron chi connectivity index (χ2n) is 3.38. The molecule has 112 valence electrons. The van der Waals surface area contributed by atoms with E-state index < -0.39 is 23.6 Å². The first-order chi connectivity index (χ1) is 9.34. The summed E-state index contributed by atoms with van der Waals surface area (Å²) >= 11 is 5.51. The van der Waals surface area contributed by atoms with Gasteiger partial charge in [0.2, 0.25) is 0 Å². The van der Waals surface area contributed by atoms with Crippen molar-refractivity contribution in [3.05, 3.63) is 17.5 Å². The minimum atomic E-state index is -5.00. The lowest BCUT2D eigenvalue weighted by Gasteiger charge is -2.17. The van der Waals surface area contributed by atoms with Crippen LogP contribution in [0.15, 0.2) is 6.20 Å². The van der Waals surface area contributed by atoms with Crippen molar-refractivity contribution in [3.63, 3.8) is 0 Å². The fraction of sp³-hybridized carbons (Fsp3) is 0.455. The third-order valence-electron chi connectivity index (χ3n) is 2.12. The standard InChI is InChI=1S/C11H11ClF3NO4/c1-3-19-10(17)8-7(18-2)5-16-6(4-12)9(8)20-11(13,14)15/h5H,3-4H2,1-2H3. The molecule has 0 aliphatic rings. The molecule has 1 heterocycles. The van der Waals surface area contributed by atoms with Gasteiger partial charge in [-0.2, -0.15) is 0 Å². The molecule has 0 atom stereocenters. The topological polar surface area (TPSA) is 57.7 Å². The van der Waals surface area contributed by atoms with Gasteiger partial charge >= 0.3 is 12.3 Å². The number of aromatic nitrogens is 1. The number of nitrogens with zero attached hydrogens (tertiary/aromatic N) is 1. The van der Waals surface area contributed by atoms with Crippen molar-refractivity contribution < 1.29 is 32.2 Å². The highest BCUT2D eigenvalue weighted by Gasteiger charge is 2.36. The lowest BCUT2D eigenvalue weighted by Crippen LogP contribution is -2.21. The van der Waals surface area contributed by atoms with Crippen molar-refractivity contribution in [2.75, 3.05) is 13.7 Å². The summed E-state index contributed by atoms with van der Waals surface area (Å²) in [7, 11) is 1.18. The van der Waals surface area contributed by atoms with Gasteiger partial charge in [-0.25, -0.2) is 4.79 Å². The van der Waals surface area contributed by atoms with E-state index in [4.69, 9.17) is 16.3 Å². The first-order valence-electron chi connectivity index (χ1n) is 5.38. The SMILES string of the molecule is CCOC(=O)c1c(OC)cnc(CCl)c1OC(F)(F)F. The first-order valence-corrected chi connectivity index (χ1v) is 5.92. The van der Waals surface area contributed by atoms with Crippen LogP contribution >= 0.6 is 11.6 Å². The molecule has 5 nitrogen and oxygen atoms in total. The highest BCUT2D eigenvalue weighted by molar-refractivity contribution is 6.17. The Morgan fingerprint density at radius 2 is 2.10 bits per heavy atom. The molecule has 0 radical (unpaired) electrons. The lowest BCUT2D eigenvalue weighted by molar-refractivity contribution is -0.275. The van der Waals surface area contributed by atoms with Crippen molar-refractivity contribution in [2.24, 2.45) is 0 Å². The summed E-state index contributed by atoms with van der Waals surface area (Å²) in [6, 6.07) is 0. The predicted octanol–water partition coefficient (Wildman–Crippen LogP) is 2.90. The maximum Gasteiger partial charge on any atom is 0.573 e. The summed E-state index contributed by atoms with van der Waals surface area (Å²) in [5.41, 5.74) is -0.745. The van der Waals surface area contributed by atoms with Crippen LogP contribution in [0.1, 0.15) is 23.0 Å². The quantitative estimate of drug-likeness (QED) is 0.618. The Morgan fingerprint density at radius 3 is 2.55 bits per heavy atom. The number of ether oxygens (including phenoxy) is 3. The van der Waals surface area contributed by atoms with E-state index in [1.54, 1.807) is 0 Å². The van der Waals surface area contributed by atoms with Crippen molar-refractivity contribution in [2.45, 2.75) is 19.2 Å². The van der Waals surface area contributed by atoms with Gasteiger partial charge in [0.25, 0.3) is 0 Å². The number of hydrogen-bond donors (Lipinski definition) is 0. The number of halogens is 4. The number of esters is 1. The number of pyridine rings is 1. The fourth-order valence-corrected chi connectivity index (χ4v) is 1.58. The van der Waals surface area contributed by atoms with Gasteiger partial charge in [0.1, 0.15) is 5.56 Å². The average Bonchev–Trinajstić information content (AvgIpc) is 2.36. The fourth-order valence-electron chi connectivity index (χ4n) is 1.39. The zero-order valence-corrected chi connectivity index (χ0v) is 11.3. The van der Waals surface area contributed by atoms with Gasteiger partial charge in [-0.15, -0.1) is 24.8 Å². The van der Waals surface area contributed by atoms with E-state index in [1.165, 1.54) is 14.0 Å². The maximum absolute atomic E-state index is 12.4. The van der Waals surface area contributed by atoms with Crippen LogP contribution in [0.3, 0.4) is 0 Å². The summed E-state index contributed by atoms with van der Waals surface area (Å²) in [6.45, 7) is 1.49. The van der Waals surface area contributed by atoms with E-state index >= 15 is 0 Å².